The first kappa shape index (κ1) is 88.5. The first-order valence-electron chi connectivity index (χ1n) is 33.6. The third-order valence-electron chi connectivity index (χ3n) is 15.9. The van der Waals surface area contributed by atoms with E-state index in [2.05, 4.69) is 58.5 Å². The van der Waals surface area contributed by atoms with E-state index in [9.17, 15) is 107 Å². The molecule has 0 aromatic heterocycles. The lowest BCUT2D eigenvalue weighted by molar-refractivity contribution is -0.143. The molecule has 39 nitrogen and oxygen atoms in total. The molecule has 1 saturated heterocycles. The molecular formula is C64H101N17O22. The highest BCUT2D eigenvalue weighted by Gasteiger charge is 2.40. The molecule has 103 heavy (non-hydrogen) atoms. The number of carbonyl (C=O) groups excluding carboxylic acids is 15. The first-order chi connectivity index (χ1) is 48.3. The van der Waals surface area contributed by atoms with E-state index in [1.54, 1.807) is 27.7 Å². The van der Waals surface area contributed by atoms with Crippen molar-refractivity contribution in [3.8, 4) is 5.75 Å². The Labute approximate surface area is 593 Å². The van der Waals surface area contributed by atoms with Gasteiger partial charge in [-0.25, -0.2) is 4.79 Å². The highest BCUT2D eigenvalue weighted by atomic mass is 16.4. The fourth-order valence-corrected chi connectivity index (χ4v) is 10.6. The molecular weight excluding hydrogens is 1360 g/mol. The van der Waals surface area contributed by atoms with E-state index >= 15 is 0 Å². The van der Waals surface area contributed by atoms with E-state index in [0.29, 0.717) is 12.0 Å². The van der Waals surface area contributed by atoms with Crippen molar-refractivity contribution in [3.63, 3.8) is 0 Å². The van der Waals surface area contributed by atoms with E-state index in [4.69, 9.17) is 28.7 Å². The van der Waals surface area contributed by atoms with Crippen molar-refractivity contribution in [2.45, 2.75) is 211 Å². The fraction of sp³-hybridized carbons (Fsp3) is 0.625. The maximum atomic E-state index is 14.2. The minimum Gasteiger partial charge on any atom is -0.508 e. The fourth-order valence-electron chi connectivity index (χ4n) is 10.6. The third kappa shape index (κ3) is 33.2. The number of benzene rings is 1. The number of nitrogens with zero attached hydrogens (tertiary/aromatic N) is 1. The summed E-state index contributed by atoms with van der Waals surface area (Å²) in [6.45, 7) is 8.40. The number of primary amides is 3. The Morgan fingerprint density at radius 2 is 0.903 bits per heavy atom. The second-order valence-electron chi connectivity index (χ2n) is 26.0. The largest absolute Gasteiger partial charge is 0.508 e. The predicted octanol–water partition coefficient (Wildman–Crippen LogP) is -6.44. The van der Waals surface area contributed by atoms with E-state index < -0.39 is 249 Å². The van der Waals surface area contributed by atoms with Gasteiger partial charge in [0.05, 0.1) is 25.9 Å². The number of carboxylic acids is 3. The molecule has 2 rings (SSSR count). The average Bonchev–Trinajstić information content (AvgIpc) is 0.944. The van der Waals surface area contributed by atoms with Crippen molar-refractivity contribution < 1.29 is 107 Å². The molecule has 15 amide bonds. The zero-order valence-corrected chi connectivity index (χ0v) is 58.5. The monoisotopic (exact) mass is 1460 g/mol. The molecule has 0 spiro atoms. The third-order valence-corrected chi connectivity index (χ3v) is 15.9. The minimum absolute atomic E-state index is 0.00169. The number of rotatable bonds is 48. The Balaban J connectivity index is 2.36. The van der Waals surface area contributed by atoms with Gasteiger partial charge in [-0.15, -0.1) is 0 Å². The number of likely N-dealkylation sites (tertiary alicyclic amines) is 1. The van der Waals surface area contributed by atoms with Gasteiger partial charge < -0.3 is 112 Å². The Bertz CT molecular complexity index is 3190. The summed E-state index contributed by atoms with van der Waals surface area (Å²) in [7, 11) is 0. The molecule has 0 unspecified atom stereocenters. The van der Waals surface area contributed by atoms with E-state index in [1.807, 2.05) is 0 Å². The SMILES string of the molecule is CC(C)C[C@H](NC(=O)[C@H](Cc1ccc(O)cc1)NC(=O)CN)C(=O)N[C@@H](CCC(N)=O)C(=O)NCC(=O)N1CCC[C@H]1C(=O)N[C@@H](CC(N)=O)C(=O)N[C@H](C(=O)N[C@@H](CC(N)=O)C(=O)N[C@@H](CC(C)C)C(=O)N[C@@H](CCC(=O)O)C(=O)N[C@@H](CCC(=O)O)C(=O)N[C@@H](CCCCN)C(=O)O)C(C)C. The van der Waals surface area contributed by atoms with E-state index in [0.717, 1.165) is 4.90 Å². The first-order valence-corrected chi connectivity index (χ1v) is 33.6. The highest BCUT2D eigenvalue weighted by molar-refractivity contribution is 6.01. The van der Waals surface area contributed by atoms with Crippen LogP contribution < -0.4 is 87.2 Å². The van der Waals surface area contributed by atoms with Crippen LogP contribution in [0, 0.1) is 17.8 Å². The number of carbonyl (C=O) groups is 18. The number of aromatic hydroxyl groups is 1. The molecule has 0 aliphatic carbocycles. The average molecular weight is 1460 g/mol. The molecule has 1 aromatic carbocycles. The van der Waals surface area contributed by atoms with Crippen LogP contribution in [0.2, 0.25) is 0 Å². The molecule has 574 valence electrons. The summed E-state index contributed by atoms with van der Waals surface area (Å²) in [5, 5.41) is 64.6. The Morgan fingerprint density at radius 1 is 0.476 bits per heavy atom. The van der Waals surface area contributed by atoms with E-state index in [-0.39, 0.29) is 69.7 Å². The van der Waals surface area contributed by atoms with Crippen LogP contribution in [0.3, 0.4) is 0 Å². The number of nitrogens with two attached hydrogens (primary N) is 5. The summed E-state index contributed by atoms with van der Waals surface area (Å²) in [6.07, 6.45) is -4.97. The molecule has 0 saturated carbocycles. The number of nitrogens with one attached hydrogen (secondary N) is 11. The zero-order chi connectivity index (χ0) is 78.0. The minimum atomic E-state index is -1.92. The lowest BCUT2D eigenvalue weighted by atomic mass is 10.00. The van der Waals surface area contributed by atoms with Gasteiger partial charge in [0.15, 0.2) is 0 Å². The number of hydrogen-bond acceptors (Lipinski definition) is 21. The number of aliphatic carboxylic acids is 3. The van der Waals surface area contributed by atoms with Gasteiger partial charge in [-0.2, -0.15) is 0 Å². The summed E-state index contributed by atoms with van der Waals surface area (Å²) in [4.78, 5) is 239. The van der Waals surface area contributed by atoms with Crippen LogP contribution in [0.15, 0.2) is 24.3 Å². The summed E-state index contributed by atoms with van der Waals surface area (Å²) in [5.41, 5.74) is 27.9. The molecule has 1 aliphatic rings. The van der Waals surface area contributed by atoms with E-state index in [1.165, 1.54) is 38.1 Å². The lowest BCUT2D eigenvalue weighted by Crippen LogP contribution is -2.61. The number of amides is 15. The predicted molar refractivity (Wildman–Crippen MR) is 362 cm³/mol. The van der Waals surface area contributed by atoms with Crippen molar-refractivity contribution >= 4 is 107 Å². The summed E-state index contributed by atoms with van der Waals surface area (Å²) < 4.78 is 0. The van der Waals surface area contributed by atoms with Crippen LogP contribution >= 0.6 is 0 Å². The van der Waals surface area contributed by atoms with Gasteiger partial charge in [0, 0.05) is 32.2 Å². The molecule has 39 heteroatoms. The standard InChI is InChI=1S/C64H101N17O22/c1-31(2)24-40(76-59(97)42(71-49(86)29-66)26-34-12-14-35(82)15-13-34)57(95)72-36(16-19-46(67)83)54(92)70-30-50(87)81-23-9-11-45(81)62(100)78-44(28-48(69)85)61(99)80-53(33(5)6)63(101)79-43(27-47(68)84)60(98)77-41(25-32(3)4)58(96)74-37(17-20-51(88)89)55(93)73-38(18-21-52(90)91)56(94)75-39(64(102)103)10-7-8-22-65/h12-15,31-33,36-45,53,82H,7-11,16-30,65-66H2,1-6H3,(H2,67,83)(H2,68,84)(H2,69,85)(H,70,92)(H,71,86)(H,72,95)(H,73,93)(H,74,96)(H,75,94)(H,76,97)(H,77,98)(H,78,100)(H,79,101)(H,80,99)(H,88,89)(H,90,91)(H,102,103)/t36-,37-,38-,39-,40-,41-,42-,43-,44-,45-,53-/m0/s1. The van der Waals surface area contributed by atoms with Crippen LogP contribution in [-0.4, -0.2) is 224 Å². The Kier molecular flexibility index (Phi) is 38.3. The maximum absolute atomic E-state index is 14.2. The van der Waals surface area contributed by atoms with Gasteiger partial charge in [0.1, 0.15) is 72.2 Å². The molecule has 0 bridgehead atoms. The van der Waals surface area contributed by atoms with Gasteiger partial charge in [-0.1, -0.05) is 53.7 Å². The molecule has 1 heterocycles. The normalized spacial score (nSPS) is 15.5. The summed E-state index contributed by atoms with van der Waals surface area (Å²) in [5.74, 6) is -21.5. The molecule has 1 aromatic rings. The van der Waals surface area contributed by atoms with Gasteiger partial charge in [0.2, 0.25) is 88.6 Å². The van der Waals surface area contributed by atoms with Crippen molar-refractivity contribution in [2.24, 2.45) is 46.4 Å². The maximum Gasteiger partial charge on any atom is 0.326 e. The number of phenolic OH excluding ortho intramolecular Hbond substituents is 1. The molecule has 25 N–H and O–H groups in total. The number of hydrogen-bond donors (Lipinski definition) is 20. The van der Waals surface area contributed by atoms with Crippen LogP contribution in [0.4, 0.5) is 0 Å². The zero-order valence-electron chi connectivity index (χ0n) is 58.5. The van der Waals surface area contributed by atoms with Crippen LogP contribution in [-0.2, 0) is 92.7 Å². The van der Waals surface area contributed by atoms with Gasteiger partial charge in [-0.05, 0) is 106 Å². The van der Waals surface area contributed by atoms with Gasteiger partial charge in [0.25, 0.3) is 0 Å². The number of unbranched alkanes of at least 4 members (excludes halogenated alkanes) is 1. The number of carboxylic acid groups (broad SMARTS) is 3. The summed E-state index contributed by atoms with van der Waals surface area (Å²) in [6, 6.07) is -11.9. The molecule has 1 fully saturated rings. The van der Waals surface area contributed by atoms with Crippen molar-refractivity contribution in [1.29, 1.82) is 0 Å². The second-order valence-corrected chi connectivity index (χ2v) is 26.0. The van der Waals surface area contributed by atoms with Crippen molar-refractivity contribution in [3.05, 3.63) is 29.8 Å². The molecule has 1 aliphatic heterocycles. The van der Waals surface area contributed by atoms with Crippen LogP contribution in [0.1, 0.15) is 143 Å². The Morgan fingerprint density at radius 3 is 1.35 bits per heavy atom. The van der Waals surface area contributed by atoms with Crippen molar-refractivity contribution in [2.75, 3.05) is 26.2 Å². The topological polar surface area (TPSA) is 654 Å². The van der Waals surface area contributed by atoms with Crippen LogP contribution in [0.25, 0.3) is 0 Å². The van der Waals surface area contributed by atoms with Gasteiger partial charge in [-0.3, -0.25) is 81.5 Å². The number of phenols is 1. The van der Waals surface area contributed by atoms with Crippen molar-refractivity contribution in [1.82, 2.24) is 63.4 Å². The van der Waals surface area contributed by atoms with Crippen LogP contribution in [0.5, 0.6) is 5.75 Å². The Hall–Kier alpha value is -10.6. The molecule has 0 radical (unpaired) electrons. The smallest absolute Gasteiger partial charge is 0.326 e. The lowest BCUT2D eigenvalue weighted by Gasteiger charge is -2.29. The highest BCUT2D eigenvalue weighted by Crippen LogP contribution is 2.20. The summed E-state index contributed by atoms with van der Waals surface area (Å²) >= 11 is 0. The molecule has 11 atom stereocenters. The second kappa shape index (κ2) is 44.6. The van der Waals surface area contributed by atoms with Gasteiger partial charge >= 0.3 is 17.9 Å². The quantitative estimate of drug-likeness (QED) is 0.0270.